The number of ether oxygens (including phenoxy) is 1. The number of nitrogens with zero attached hydrogens (tertiary/aromatic N) is 2. The van der Waals surface area contributed by atoms with E-state index < -0.39 is 0 Å². The summed E-state index contributed by atoms with van der Waals surface area (Å²) < 4.78 is 7.59. The molecule has 0 N–H and O–H groups in total. The van der Waals surface area contributed by atoms with Crippen LogP contribution in [0, 0.1) is 5.92 Å². The first-order chi connectivity index (χ1) is 9.10. The lowest BCUT2D eigenvalue weighted by Gasteiger charge is -2.35. The standard InChI is InChI=1S/C15H19ClN2O/c1-9-6-11(7-9)18-14-5-4-12(19-3)8-13(14)17-15(18)10(2)16/h4-5,8-11H,6-7H2,1-3H3. The lowest BCUT2D eigenvalue weighted by molar-refractivity contribution is 0.216. The molecule has 1 atom stereocenters. The first kappa shape index (κ1) is 12.8. The summed E-state index contributed by atoms with van der Waals surface area (Å²) in [5.41, 5.74) is 2.14. The lowest BCUT2D eigenvalue weighted by Crippen LogP contribution is -2.26. The molecular formula is C15H19ClN2O. The van der Waals surface area contributed by atoms with E-state index in [0.717, 1.165) is 23.0 Å². The van der Waals surface area contributed by atoms with Crippen molar-refractivity contribution < 1.29 is 4.74 Å². The lowest BCUT2D eigenvalue weighted by atomic mass is 9.81. The number of methoxy groups -OCH3 is 1. The number of hydrogen-bond acceptors (Lipinski definition) is 2. The number of rotatable bonds is 3. The molecule has 0 bridgehead atoms. The van der Waals surface area contributed by atoms with E-state index in [9.17, 15) is 0 Å². The molecule has 19 heavy (non-hydrogen) atoms. The van der Waals surface area contributed by atoms with Crippen LogP contribution in [0.5, 0.6) is 5.75 Å². The van der Waals surface area contributed by atoms with Gasteiger partial charge in [-0.2, -0.15) is 0 Å². The van der Waals surface area contributed by atoms with Gasteiger partial charge < -0.3 is 9.30 Å². The number of hydrogen-bond donors (Lipinski definition) is 0. The van der Waals surface area contributed by atoms with Gasteiger partial charge >= 0.3 is 0 Å². The van der Waals surface area contributed by atoms with Crippen LogP contribution in [-0.4, -0.2) is 16.7 Å². The predicted octanol–water partition coefficient (Wildman–Crippen LogP) is 4.32. The van der Waals surface area contributed by atoms with Gasteiger partial charge in [-0.1, -0.05) is 6.92 Å². The van der Waals surface area contributed by atoms with Crippen LogP contribution in [0.2, 0.25) is 0 Å². The third kappa shape index (κ3) is 2.10. The van der Waals surface area contributed by atoms with Gasteiger partial charge in [0.25, 0.3) is 0 Å². The minimum absolute atomic E-state index is 0.0747. The maximum absolute atomic E-state index is 6.30. The fourth-order valence-corrected chi connectivity index (χ4v) is 3.11. The average molecular weight is 279 g/mol. The minimum Gasteiger partial charge on any atom is -0.497 e. The smallest absolute Gasteiger partial charge is 0.127 e. The van der Waals surface area contributed by atoms with Crippen molar-refractivity contribution in [3.63, 3.8) is 0 Å². The van der Waals surface area contributed by atoms with E-state index in [4.69, 9.17) is 21.3 Å². The van der Waals surface area contributed by atoms with Crippen LogP contribution < -0.4 is 4.74 Å². The molecule has 3 rings (SSSR count). The van der Waals surface area contributed by atoms with E-state index in [1.807, 2.05) is 19.1 Å². The average Bonchev–Trinajstić information content (AvgIpc) is 2.73. The summed E-state index contributed by atoms with van der Waals surface area (Å²) in [6.45, 7) is 4.28. The highest BCUT2D eigenvalue weighted by Gasteiger charge is 2.31. The Bertz CT molecular complexity index is 599. The van der Waals surface area contributed by atoms with Crippen molar-refractivity contribution in [1.82, 2.24) is 9.55 Å². The summed E-state index contributed by atoms with van der Waals surface area (Å²) in [6.07, 6.45) is 2.43. The molecule has 4 heteroatoms. The van der Waals surface area contributed by atoms with Crippen molar-refractivity contribution in [2.45, 2.75) is 38.1 Å². The number of fused-ring (bicyclic) bond motifs is 1. The van der Waals surface area contributed by atoms with Crippen molar-refractivity contribution in [2.75, 3.05) is 7.11 Å². The minimum atomic E-state index is -0.0747. The van der Waals surface area contributed by atoms with Gasteiger partial charge in [-0.25, -0.2) is 4.98 Å². The summed E-state index contributed by atoms with van der Waals surface area (Å²) in [7, 11) is 1.68. The van der Waals surface area contributed by atoms with Crippen LogP contribution in [0.25, 0.3) is 11.0 Å². The van der Waals surface area contributed by atoms with Crippen molar-refractivity contribution in [3.05, 3.63) is 24.0 Å². The first-order valence-corrected chi connectivity index (χ1v) is 7.23. The van der Waals surface area contributed by atoms with Gasteiger partial charge in [0, 0.05) is 12.1 Å². The zero-order valence-electron chi connectivity index (χ0n) is 11.6. The second kappa shape index (κ2) is 4.71. The van der Waals surface area contributed by atoms with Gasteiger partial charge in [-0.15, -0.1) is 11.6 Å². The van der Waals surface area contributed by atoms with Crippen LogP contribution in [0.1, 0.15) is 43.9 Å². The van der Waals surface area contributed by atoms with Crippen LogP contribution in [0.15, 0.2) is 18.2 Å². The van der Waals surface area contributed by atoms with Gasteiger partial charge in [0.2, 0.25) is 0 Å². The van der Waals surface area contributed by atoms with Crippen LogP contribution in [0.3, 0.4) is 0 Å². The molecule has 0 aliphatic heterocycles. The molecule has 0 amide bonds. The number of benzene rings is 1. The van der Waals surface area contributed by atoms with Gasteiger partial charge in [0.1, 0.15) is 11.6 Å². The van der Waals surface area contributed by atoms with E-state index >= 15 is 0 Å². The van der Waals surface area contributed by atoms with Crippen molar-refractivity contribution in [3.8, 4) is 5.75 Å². The molecule has 1 aromatic carbocycles. The van der Waals surface area contributed by atoms with Gasteiger partial charge in [0.05, 0.1) is 23.5 Å². The van der Waals surface area contributed by atoms with E-state index in [0.29, 0.717) is 6.04 Å². The number of aromatic nitrogens is 2. The molecule has 1 unspecified atom stereocenters. The Labute approximate surface area is 118 Å². The van der Waals surface area contributed by atoms with Crippen LogP contribution in [-0.2, 0) is 0 Å². The Morgan fingerprint density at radius 3 is 2.74 bits per heavy atom. The zero-order valence-corrected chi connectivity index (χ0v) is 12.3. The van der Waals surface area contributed by atoms with Gasteiger partial charge in [0.15, 0.2) is 0 Å². The number of halogens is 1. The predicted molar refractivity (Wildman–Crippen MR) is 78.0 cm³/mol. The van der Waals surface area contributed by atoms with Gasteiger partial charge in [-0.05, 0) is 37.8 Å². The zero-order chi connectivity index (χ0) is 13.6. The molecule has 1 heterocycles. The molecule has 1 saturated carbocycles. The van der Waals surface area contributed by atoms with Crippen molar-refractivity contribution in [2.24, 2.45) is 5.92 Å². The number of alkyl halides is 1. The van der Waals surface area contributed by atoms with E-state index in [2.05, 4.69) is 17.6 Å². The molecule has 0 saturated heterocycles. The van der Waals surface area contributed by atoms with E-state index in [-0.39, 0.29) is 5.38 Å². The highest BCUT2D eigenvalue weighted by Crippen LogP contribution is 2.41. The molecule has 0 radical (unpaired) electrons. The Kier molecular flexibility index (Phi) is 3.17. The Morgan fingerprint density at radius 1 is 1.42 bits per heavy atom. The highest BCUT2D eigenvalue weighted by molar-refractivity contribution is 6.20. The second-order valence-electron chi connectivity index (χ2n) is 5.54. The summed E-state index contributed by atoms with van der Waals surface area (Å²) in [6, 6.07) is 6.61. The maximum atomic E-state index is 6.30. The molecule has 1 aromatic heterocycles. The van der Waals surface area contributed by atoms with Crippen molar-refractivity contribution in [1.29, 1.82) is 0 Å². The molecule has 1 aliphatic rings. The van der Waals surface area contributed by atoms with E-state index in [1.165, 1.54) is 18.4 Å². The van der Waals surface area contributed by atoms with Crippen molar-refractivity contribution >= 4 is 22.6 Å². The van der Waals surface area contributed by atoms with Crippen LogP contribution in [0.4, 0.5) is 0 Å². The third-order valence-electron chi connectivity index (χ3n) is 3.99. The maximum Gasteiger partial charge on any atom is 0.127 e. The summed E-state index contributed by atoms with van der Waals surface area (Å²) in [5, 5.41) is -0.0747. The molecule has 102 valence electrons. The first-order valence-electron chi connectivity index (χ1n) is 6.80. The van der Waals surface area contributed by atoms with Crippen LogP contribution >= 0.6 is 11.6 Å². The Hall–Kier alpha value is -1.22. The monoisotopic (exact) mass is 278 g/mol. The Morgan fingerprint density at radius 2 is 2.16 bits per heavy atom. The summed E-state index contributed by atoms with van der Waals surface area (Å²) in [4.78, 5) is 4.70. The molecule has 0 spiro atoms. The summed E-state index contributed by atoms with van der Waals surface area (Å²) in [5.74, 6) is 2.62. The largest absolute Gasteiger partial charge is 0.497 e. The molecule has 3 nitrogen and oxygen atoms in total. The fraction of sp³-hybridized carbons (Fsp3) is 0.533. The molecule has 1 fully saturated rings. The molecule has 2 aromatic rings. The summed E-state index contributed by atoms with van der Waals surface area (Å²) >= 11 is 6.30. The highest BCUT2D eigenvalue weighted by atomic mass is 35.5. The normalized spacial score (nSPS) is 24.2. The molecular weight excluding hydrogens is 260 g/mol. The molecule has 1 aliphatic carbocycles. The fourth-order valence-electron chi connectivity index (χ4n) is 2.96. The number of imidazole rings is 1. The second-order valence-corrected chi connectivity index (χ2v) is 6.20. The SMILES string of the molecule is COc1ccc2c(c1)nc(C(C)Cl)n2C1CC(C)C1. The quantitative estimate of drug-likeness (QED) is 0.782. The van der Waals surface area contributed by atoms with E-state index in [1.54, 1.807) is 7.11 Å². The third-order valence-corrected chi connectivity index (χ3v) is 4.19. The topological polar surface area (TPSA) is 27.1 Å². The van der Waals surface area contributed by atoms with Gasteiger partial charge in [-0.3, -0.25) is 0 Å². The Balaban J connectivity index is 2.13.